The number of carbonyl (C=O) groups excluding carboxylic acids is 2. The fourth-order valence-corrected chi connectivity index (χ4v) is 2.86. The van der Waals surface area contributed by atoms with Crippen LogP contribution in [0.4, 0.5) is 10.8 Å². The zero-order chi connectivity index (χ0) is 18.4. The van der Waals surface area contributed by atoms with Crippen molar-refractivity contribution in [3.63, 3.8) is 0 Å². The first kappa shape index (κ1) is 18.5. The number of amides is 2. The molecule has 1 aromatic heterocycles. The maximum absolute atomic E-state index is 12.6. The van der Waals surface area contributed by atoms with Crippen LogP contribution in [-0.4, -0.2) is 39.7 Å². The Hall–Kier alpha value is -2.81. The lowest BCUT2D eigenvalue weighted by Crippen LogP contribution is -2.38. The van der Waals surface area contributed by atoms with Gasteiger partial charge >= 0.3 is 0 Å². The van der Waals surface area contributed by atoms with Crippen molar-refractivity contribution in [2.45, 2.75) is 20.3 Å². The molecular weight excluding hydrogens is 344 g/mol. The van der Waals surface area contributed by atoms with Gasteiger partial charge in [-0.1, -0.05) is 6.92 Å². The minimum atomic E-state index is -0.526. The van der Waals surface area contributed by atoms with Gasteiger partial charge in [-0.25, -0.2) is 4.98 Å². The SMILES string of the molecule is CCCN(CC(=O)Nc1ncc(C)s1)C(=O)c1ccc([N+](=O)[O-])cc1. The quantitative estimate of drug-likeness (QED) is 0.602. The number of benzene rings is 1. The third-order valence-corrected chi connectivity index (χ3v) is 4.14. The van der Waals surface area contributed by atoms with E-state index in [1.807, 2.05) is 13.8 Å². The third-order valence-electron chi connectivity index (χ3n) is 3.31. The van der Waals surface area contributed by atoms with E-state index >= 15 is 0 Å². The van der Waals surface area contributed by atoms with Crippen molar-refractivity contribution in [3.8, 4) is 0 Å². The van der Waals surface area contributed by atoms with Gasteiger partial charge in [-0.2, -0.15) is 0 Å². The molecule has 132 valence electrons. The van der Waals surface area contributed by atoms with Gasteiger partial charge in [-0.05, 0) is 25.5 Å². The lowest BCUT2D eigenvalue weighted by molar-refractivity contribution is -0.384. The average molecular weight is 362 g/mol. The van der Waals surface area contributed by atoms with E-state index < -0.39 is 4.92 Å². The molecular formula is C16H18N4O4S. The molecule has 0 unspecified atom stereocenters. The summed E-state index contributed by atoms with van der Waals surface area (Å²) < 4.78 is 0. The third kappa shape index (κ3) is 5.08. The van der Waals surface area contributed by atoms with Crippen LogP contribution in [0.5, 0.6) is 0 Å². The summed E-state index contributed by atoms with van der Waals surface area (Å²) in [7, 11) is 0. The Balaban J connectivity index is 2.06. The molecule has 2 rings (SSSR count). The van der Waals surface area contributed by atoms with Crippen molar-refractivity contribution in [1.29, 1.82) is 0 Å². The Morgan fingerprint density at radius 1 is 1.32 bits per heavy atom. The van der Waals surface area contributed by atoms with Crippen molar-refractivity contribution in [2.24, 2.45) is 0 Å². The van der Waals surface area contributed by atoms with E-state index in [2.05, 4.69) is 10.3 Å². The van der Waals surface area contributed by atoms with Gasteiger partial charge in [0, 0.05) is 35.3 Å². The molecule has 9 heteroatoms. The van der Waals surface area contributed by atoms with Crippen LogP contribution >= 0.6 is 11.3 Å². The molecule has 0 aliphatic heterocycles. The van der Waals surface area contributed by atoms with Crippen LogP contribution in [0.2, 0.25) is 0 Å². The van der Waals surface area contributed by atoms with Crippen LogP contribution in [0.3, 0.4) is 0 Å². The Kier molecular flexibility index (Phi) is 6.18. The Labute approximate surface area is 148 Å². The highest BCUT2D eigenvalue weighted by Crippen LogP contribution is 2.17. The number of aryl methyl sites for hydroxylation is 1. The molecule has 0 fully saturated rings. The van der Waals surface area contributed by atoms with Crippen molar-refractivity contribution in [2.75, 3.05) is 18.4 Å². The van der Waals surface area contributed by atoms with Gasteiger partial charge in [0.05, 0.1) is 4.92 Å². The van der Waals surface area contributed by atoms with Gasteiger partial charge in [0.15, 0.2) is 5.13 Å². The lowest BCUT2D eigenvalue weighted by atomic mass is 10.1. The number of thiazole rings is 1. The number of carbonyl (C=O) groups is 2. The Morgan fingerprint density at radius 3 is 2.52 bits per heavy atom. The summed E-state index contributed by atoms with van der Waals surface area (Å²) in [4.78, 5) is 41.3. The molecule has 0 aliphatic rings. The first-order chi connectivity index (χ1) is 11.9. The zero-order valence-corrected chi connectivity index (χ0v) is 14.7. The molecule has 1 heterocycles. The predicted octanol–water partition coefficient (Wildman–Crippen LogP) is 2.85. The molecule has 0 saturated heterocycles. The number of nitrogens with zero attached hydrogens (tertiary/aromatic N) is 3. The smallest absolute Gasteiger partial charge is 0.269 e. The van der Waals surface area contributed by atoms with Gasteiger partial charge in [0.2, 0.25) is 5.91 Å². The molecule has 0 spiro atoms. The predicted molar refractivity (Wildman–Crippen MR) is 94.8 cm³/mol. The maximum Gasteiger partial charge on any atom is 0.269 e. The van der Waals surface area contributed by atoms with Crippen molar-refractivity contribution in [1.82, 2.24) is 9.88 Å². The fraction of sp³-hybridized carbons (Fsp3) is 0.312. The Bertz CT molecular complexity index is 773. The van der Waals surface area contributed by atoms with E-state index in [4.69, 9.17) is 0 Å². The van der Waals surface area contributed by atoms with E-state index in [1.165, 1.54) is 40.5 Å². The summed E-state index contributed by atoms with van der Waals surface area (Å²) in [6.45, 7) is 4.08. The molecule has 0 aliphatic carbocycles. The first-order valence-electron chi connectivity index (χ1n) is 7.66. The number of hydrogen-bond acceptors (Lipinski definition) is 6. The summed E-state index contributed by atoms with van der Waals surface area (Å²) in [6.07, 6.45) is 2.34. The number of hydrogen-bond donors (Lipinski definition) is 1. The maximum atomic E-state index is 12.6. The monoisotopic (exact) mass is 362 g/mol. The number of nitrogens with one attached hydrogen (secondary N) is 1. The molecule has 25 heavy (non-hydrogen) atoms. The van der Waals surface area contributed by atoms with Crippen LogP contribution in [0.15, 0.2) is 30.5 Å². The molecule has 0 bridgehead atoms. The van der Waals surface area contributed by atoms with E-state index in [-0.39, 0.29) is 24.0 Å². The number of nitro benzene ring substituents is 1. The standard InChI is InChI=1S/C16H18N4O4S/c1-3-8-19(10-14(21)18-16-17-9-11(2)25-16)15(22)12-4-6-13(7-5-12)20(23)24/h4-7,9H,3,8,10H2,1-2H3,(H,17,18,21). The molecule has 1 aromatic carbocycles. The van der Waals surface area contributed by atoms with E-state index in [1.54, 1.807) is 6.20 Å². The molecule has 0 atom stereocenters. The Morgan fingerprint density at radius 2 is 2.00 bits per heavy atom. The number of anilines is 1. The van der Waals surface area contributed by atoms with Gasteiger partial charge in [0.1, 0.15) is 6.54 Å². The van der Waals surface area contributed by atoms with Crippen LogP contribution in [0.1, 0.15) is 28.6 Å². The van der Waals surface area contributed by atoms with Crippen molar-refractivity contribution < 1.29 is 14.5 Å². The molecule has 0 saturated carbocycles. The van der Waals surface area contributed by atoms with Gasteiger partial charge in [-0.3, -0.25) is 19.7 Å². The van der Waals surface area contributed by atoms with Crippen LogP contribution in [0.25, 0.3) is 0 Å². The topological polar surface area (TPSA) is 105 Å². The first-order valence-corrected chi connectivity index (χ1v) is 8.48. The number of rotatable bonds is 7. The number of non-ortho nitro benzene ring substituents is 1. The second-order valence-corrected chi connectivity index (χ2v) is 6.59. The van der Waals surface area contributed by atoms with Crippen molar-refractivity contribution in [3.05, 3.63) is 51.0 Å². The number of aromatic nitrogens is 1. The van der Waals surface area contributed by atoms with Gasteiger partial charge < -0.3 is 10.2 Å². The summed E-state index contributed by atoms with van der Waals surface area (Å²) in [5.74, 6) is -0.680. The highest BCUT2D eigenvalue weighted by atomic mass is 32.1. The lowest BCUT2D eigenvalue weighted by Gasteiger charge is -2.21. The van der Waals surface area contributed by atoms with Crippen LogP contribution < -0.4 is 5.32 Å². The van der Waals surface area contributed by atoms with Gasteiger partial charge in [0.25, 0.3) is 11.6 Å². The summed E-state index contributed by atoms with van der Waals surface area (Å²) in [5, 5.41) is 13.8. The molecule has 0 radical (unpaired) electrons. The number of nitro groups is 1. The normalized spacial score (nSPS) is 10.3. The minimum absolute atomic E-state index is 0.0875. The van der Waals surface area contributed by atoms with Crippen molar-refractivity contribution >= 4 is 34.0 Å². The van der Waals surface area contributed by atoms with E-state index in [9.17, 15) is 19.7 Å². The average Bonchev–Trinajstić information content (AvgIpc) is 2.98. The summed E-state index contributed by atoms with van der Waals surface area (Å²) in [6, 6.07) is 5.34. The summed E-state index contributed by atoms with van der Waals surface area (Å²) in [5.41, 5.74) is 0.215. The minimum Gasteiger partial charge on any atom is -0.329 e. The molecule has 8 nitrogen and oxygen atoms in total. The van der Waals surface area contributed by atoms with E-state index in [0.717, 1.165) is 4.88 Å². The molecule has 2 amide bonds. The highest BCUT2D eigenvalue weighted by molar-refractivity contribution is 7.15. The van der Waals surface area contributed by atoms with E-state index in [0.29, 0.717) is 23.7 Å². The second-order valence-electron chi connectivity index (χ2n) is 5.35. The van der Waals surface area contributed by atoms with Gasteiger partial charge in [-0.15, -0.1) is 11.3 Å². The molecule has 2 aromatic rings. The summed E-state index contributed by atoms with van der Waals surface area (Å²) >= 11 is 1.36. The molecule has 1 N–H and O–H groups in total. The fourth-order valence-electron chi connectivity index (χ4n) is 2.18. The second kappa shape index (κ2) is 8.34. The van der Waals surface area contributed by atoms with Crippen LogP contribution in [-0.2, 0) is 4.79 Å². The zero-order valence-electron chi connectivity index (χ0n) is 13.9. The van der Waals surface area contributed by atoms with Crippen LogP contribution in [0, 0.1) is 17.0 Å². The largest absolute Gasteiger partial charge is 0.329 e. The highest BCUT2D eigenvalue weighted by Gasteiger charge is 2.19.